The van der Waals surface area contributed by atoms with Crippen LogP contribution >= 0.6 is 0 Å². The Balaban J connectivity index is 2.94. The second kappa shape index (κ2) is 5.86. The zero-order valence-electron chi connectivity index (χ0n) is 12.0. The van der Waals surface area contributed by atoms with E-state index in [1.165, 1.54) is 4.90 Å². The van der Waals surface area contributed by atoms with E-state index in [0.29, 0.717) is 11.3 Å². The molecule has 0 saturated carbocycles. The van der Waals surface area contributed by atoms with Gasteiger partial charge in [-0.2, -0.15) is 5.10 Å². The van der Waals surface area contributed by atoms with Gasteiger partial charge in [0.2, 0.25) is 0 Å². The summed E-state index contributed by atoms with van der Waals surface area (Å²) in [5, 5.41) is 15.8. The molecule has 1 unspecified atom stereocenters. The van der Waals surface area contributed by atoms with Crippen molar-refractivity contribution in [2.24, 2.45) is 5.92 Å². The van der Waals surface area contributed by atoms with E-state index < -0.39 is 11.9 Å². The molecule has 0 spiro atoms. The molecule has 0 bridgehead atoms. The Hall–Kier alpha value is -1.85. The molecule has 1 amide bonds. The van der Waals surface area contributed by atoms with E-state index in [1.54, 1.807) is 20.9 Å². The Morgan fingerprint density at radius 3 is 2.42 bits per heavy atom. The first kappa shape index (κ1) is 15.2. The third kappa shape index (κ3) is 3.33. The van der Waals surface area contributed by atoms with Crippen LogP contribution in [0, 0.1) is 12.8 Å². The van der Waals surface area contributed by atoms with Gasteiger partial charge in [0, 0.05) is 19.3 Å². The standard InChI is InChI=1S/C13H21N3O3/c1-7(2)11-10(9(4)14-15-11)12(17)16(5)6-8(3)13(18)19/h7-8H,6H2,1-5H3,(H,14,15)(H,18,19). The lowest BCUT2D eigenvalue weighted by molar-refractivity contribution is -0.141. The van der Waals surface area contributed by atoms with Crippen LogP contribution in [0.15, 0.2) is 0 Å². The number of hydrogen-bond acceptors (Lipinski definition) is 3. The molecule has 0 aliphatic rings. The van der Waals surface area contributed by atoms with Gasteiger partial charge in [0.1, 0.15) is 0 Å². The quantitative estimate of drug-likeness (QED) is 0.849. The second-order valence-electron chi connectivity index (χ2n) is 5.19. The molecule has 1 rings (SSSR count). The zero-order valence-corrected chi connectivity index (χ0v) is 12.0. The molecule has 6 heteroatoms. The van der Waals surface area contributed by atoms with Crippen LogP contribution in [0.3, 0.4) is 0 Å². The highest BCUT2D eigenvalue weighted by molar-refractivity contribution is 5.96. The number of aliphatic carboxylic acids is 1. The van der Waals surface area contributed by atoms with Gasteiger partial charge in [0.05, 0.1) is 17.2 Å². The number of nitrogens with zero attached hydrogens (tertiary/aromatic N) is 2. The van der Waals surface area contributed by atoms with Crippen LogP contribution < -0.4 is 0 Å². The summed E-state index contributed by atoms with van der Waals surface area (Å²) in [6, 6.07) is 0. The number of rotatable bonds is 5. The van der Waals surface area contributed by atoms with Gasteiger partial charge in [-0.1, -0.05) is 20.8 Å². The number of nitrogens with one attached hydrogen (secondary N) is 1. The Bertz CT molecular complexity index is 479. The number of amides is 1. The molecule has 0 aliphatic heterocycles. The molecular weight excluding hydrogens is 246 g/mol. The van der Waals surface area contributed by atoms with E-state index in [9.17, 15) is 9.59 Å². The Labute approximate surface area is 112 Å². The molecule has 1 aromatic rings. The number of H-pyrrole nitrogens is 1. The van der Waals surface area contributed by atoms with E-state index in [0.717, 1.165) is 5.69 Å². The lowest BCUT2D eigenvalue weighted by Crippen LogP contribution is -2.34. The molecule has 0 aliphatic carbocycles. The maximum atomic E-state index is 12.4. The summed E-state index contributed by atoms with van der Waals surface area (Å²) in [5.74, 6) is -1.56. The number of carbonyl (C=O) groups is 2. The maximum Gasteiger partial charge on any atom is 0.308 e. The van der Waals surface area contributed by atoms with Crippen LogP contribution in [0.1, 0.15) is 48.4 Å². The molecule has 19 heavy (non-hydrogen) atoms. The van der Waals surface area contributed by atoms with E-state index in [1.807, 2.05) is 13.8 Å². The number of carbonyl (C=O) groups excluding carboxylic acids is 1. The topological polar surface area (TPSA) is 86.3 Å². The summed E-state index contributed by atoms with van der Waals surface area (Å²) in [6.07, 6.45) is 0. The predicted molar refractivity (Wildman–Crippen MR) is 71.2 cm³/mol. The molecule has 0 aromatic carbocycles. The summed E-state index contributed by atoms with van der Waals surface area (Å²) in [7, 11) is 1.61. The highest BCUT2D eigenvalue weighted by atomic mass is 16.4. The second-order valence-corrected chi connectivity index (χ2v) is 5.19. The number of aromatic amines is 1. The molecule has 2 N–H and O–H groups in total. The van der Waals surface area contributed by atoms with Crippen molar-refractivity contribution in [3.8, 4) is 0 Å². The van der Waals surface area contributed by atoms with Crippen LogP contribution in [0.4, 0.5) is 0 Å². The fourth-order valence-corrected chi connectivity index (χ4v) is 1.90. The molecule has 1 aromatic heterocycles. The molecule has 106 valence electrons. The summed E-state index contributed by atoms with van der Waals surface area (Å²) in [5.41, 5.74) is 1.98. The van der Waals surface area contributed by atoms with Crippen molar-refractivity contribution in [3.05, 3.63) is 17.0 Å². The first-order chi connectivity index (χ1) is 8.75. The molecule has 1 heterocycles. The fourth-order valence-electron chi connectivity index (χ4n) is 1.90. The van der Waals surface area contributed by atoms with Crippen molar-refractivity contribution < 1.29 is 14.7 Å². The largest absolute Gasteiger partial charge is 0.481 e. The third-order valence-electron chi connectivity index (χ3n) is 3.05. The molecule has 1 atom stereocenters. The third-order valence-corrected chi connectivity index (χ3v) is 3.05. The van der Waals surface area contributed by atoms with E-state index in [4.69, 9.17) is 5.11 Å². The molecule has 0 saturated heterocycles. The Morgan fingerprint density at radius 2 is 1.95 bits per heavy atom. The minimum Gasteiger partial charge on any atom is -0.481 e. The molecule has 0 fully saturated rings. The van der Waals surface area contributed by atoms with Gasteiger partial charge >= 0.3 is 5.97 Å². The van der Waals surface area contributed by atoms with Gasteiger partial charge in [0.25, 0.3) is 5.91 Å². The van der Waals surface area contributed by atoms with E-state index >= 15 is 0 Å². The van der Waals surface area contributed by atoms with Crippen molar-refractivity contribution in [2.75, 3.05) is 13.6 Å². The minimum atomic E-state index is -0.910. The van der Waals surface area contributed by atoms with E-state index in [2.05, 4.69) is 10.2 Å². The summed E-state index contributed by atoms with van der Waals surface area (Å²) in [4.78, 5) is 24.6. The van der Waals surface area contributed by atoms with Crippen LogP contribution in [0.5, 0.6) is 0 Å². The highest BCUT2D eigenvalue weighted by Crippen LogP contribution is 2.21. The number of aromatic nitrogens is 2. The number of aryl methyl sites for hydroxylation is 1. The average Bonchev–Trinajstić information content (AvgIpc) is 2.69. The Morgan fingerprint density at radius 1 is 1.37 bits per heavy atom. The summed E-state index contributed by atoms with van der Waals surface area (Å²) in [6.45, 7) is 7.48. The van der Waals surface area contributed by atoms with Crippen LogP contribution in [-0.2, 0) is 4.79 Å². The SMILES string of the molecule is Cc1[nH]nc(C(C)C)c1C(=O)N(C)CC(C)C(=O)O. The zero-order chi connectivity index (χ0) is 14.7. The van der Waals surface area contributed by atoms with Crippen molar-refractivity contribution in [2.45, 2.75) is 33.6 Å². The lowest BCUT2D eigenvalue weighted by atomic mass is 10.0. The van der Waals surface area contributed by atoms with Crippen LogP contribution in [0.25, 0.3) is 0 Å². The predicted octanol–water partition coefficient (Wildman–Crippen LogP) is 1.63. The van der Waals surface area contributed by atoms with E-state index in [-0.39, 0.29) is 18.4 Å². The van der Waals surface area contributed by atoms with Gasteiger partial charge in [-0.25, -0.2) is 0 Å². The van der Waals surface area contributed by atoms with Crippen molar-refractivity contribution in [1.29, 1.82) is 0 Å². The maximum absolute atomic E-state index is 12.4. The highest BCUT2D eigenvalue weighted by Gasteiger charge is 2.25. The summed E-state index contributed by atoms with van der Waals surface area (Å²) < 4.78 is 0. The van der Waals surface area contributed by atoms with Gasteiger partial charge in [-0.15, -0.1) is 0 Å². The molecule has 6 nitrogen and oxygen atoms in total. The van der Waals surface area contributed by atoms with Gasteiger partial charge in [-0.05, 0) is 12.8 Å². The van der Waals surface area contributed by atoms with Crippen molar-refractivity contribution in [1.82, 2.24) is 15.1 Å². The number of carboxylic acid groups (broad SMARTS) is 1. The number of hydrogen-bond donors (Lipinski definition) is 2. The Kier molecular flexibility index (Phi) is 4.69. The normalized spacial score (nSPS) is 12.5. The smallest absolute Gasteiger partial charge is 0.308 e. The molecular formula is C13H21N3O3. The van der Waals surface area contributed by atoms with Crippen LogP contribution in [0.2, 0.25) is 0 Å². The average molecular weight is 267 g/mol. The van der Waals surface area contributed by atoms with Gasteiger partial charge < -0.3 is 10.0 Å². The van der Waals surface area contributed by atoms with Crippen LogP contribution in [-0.4, -0.2) is 45.7 Å². The fraction of sp³-hybridized carbons (Fsp3) is 0.615. The first-order valence-electron chi connectivity index (χ1n) is 6.28. The molecule has 0 radical (unpaired) electrons. The summed E-state index contributed by atoms with van der Waals surface area (Å²) >= 11 is 0. The van der Waals surface area contributed by atoms with Gasteiger partial charge in [-0.3, -0.25) is 14.7 Å². The number of carboxylic acids is 1. The van der Waals surface area contributed by atoms with Gasteiger partial charge in [0.15, 0.2) is 0 Å². The first-order valence-corrected chi connectivity index (χ1v) is 6.28. The van der Waals surface area contributed by atoms with Crippen molar-refractivity contribution >= 4 is 11.9 Å². The van der Waals surface area contributed by atoms with Crippen molar-refractivity contribution in [3.63, 3.8) is 0 Å². The monoisotopic (exact) mass is 267 g/mol. The minimum absolute atomic E-state index is 0.134. The lowest BCUT2D eigenvalue weighted by Gasteiger charge is -2.20.